The molecule has 1 aliphatic rings. The van der Waals surface area contributed by atoms with Crippen molar-refractivity contribution in [2.45, 2.75) is 25.7 Å². The Hall–Kier alpha value is -1.83. The fourth-order valence-electron chi connectivity index (χ4n) is 2.69. The lowest BCUT2D eigenvalue weighted by molar-refractivity contribution is 0.578. The number of anilines is 1. The summed E-state index contributed by atoms with van der Waals surface area (Å²) in [6.45, 7) is 2.42. The lowest BCUT2D eigenvalue weighted by Crippen LogP contribution is -2.29. The summed E-state index contributed by atoms with van der Waals surface area (Å²) in [6.07, 6.45) is 6.82. The molecule has 0 amide bonds. The zero-order chi connectivity index (χ0) is 12.9. The topological polar surface area (TPSA) is 16.1 Å². The Labute approximate surface area is 115 Å². The first-order valence-electron chi connectivity index (χ1n) is 7.16. The van der Waals surface area contributed by atoms with Gasteiger partial charge in [-0.2, -0.15) is 0 Å². The summed E-state index contributed by atoms with van der Waals surface area (Å²) in [7, 11) is 0. The van der Waals surface area contributed by atoms with Crippen LogP contribution in [0.15, 0.2) is 48.7 Å². The van der Waals surface area contributed by atoms with E-state index in [4.69, 9.17) is 0 Å². The number of piperidine rings is 1. The van der Waals surface area contributed by atoms with E-state index in [1.807, 2.05) is 18.3 Å². The van der Waals surface area contributed by atoms with Gasteiger partial charge in [0.2, 0.25) is 0 Å². The Kier molecular flexibility index (Phi) is 3.78. The van der Waals surface area contributed by atoms with Crippen LogP contribution in [0.25, 0.3) is 0 Å². The summed E-state index contributed by atoms with van der Waals surface area (Å²) in [5.41, 5.74) is 3.83. The predicted molar refractivity (Wildman–Crippen MR) is 79.5 cm³/mol. The van der Waals surface area contributed by atoms with Gasteiger partial charge in [-0.05, 0) is 49.1 Å². The summed E-state index contributed by atoms with van der Waals surface area (Å²) in [5, 5.41) is 0. The fraction of sp³-hybridized carbons (Fsp3) is 0.353. The Morgan fingerprint density at radius 2 is 1.68 bits per heavy atom. The minimum absolute atomic E-state index is 0.918. The number of hydrogen-bond acceptors (Lipinski definition) is 2. The molecule has 1 aromatic heterocycles. The zero-order valence-corrected chi connectivity index (χ0v) is 11.3. The molecule has 2 heterocycles. The summed E-state index contributed by atoms with van der Waals surface area (Å²) in [6, 6.07) is 15.1. The monoisotopic (exact) mass is 252 g/mol. The van der Waals surface area contributed by atoms with Gasteiger partial charge in [0.25, 0.3) is 0 Å². The van der Waals surface area contributed by atoms with Crippen LogP contribution in [0.3, 0.4) is 0 Å². The molecule has 1 fully saturated rings. The van der Waals surface area contributed by atoms with Crippen LogP contribution < -0.4 is 4.90 Å². The molecule has 0 spiro atoms. The van der Waals surface area contributed by atoms with Crippen molar-refractivity contribution >= 4 is 5.69 Å². The van der Waals surface area contributed by atoms with Crippen molar-refractivity contribution in [2.24, 2.45) is 0 Å². The third-order valence-corrected chi connectivity index (χ3v) is 3.77. The number of hydrogen-bond donors (Lipinski definition) is 0. The maximum atomic E-state index is 4.38. The first kappa shape index (κ1) is 12.2. The van der Waals surface area contributed by atoms with Gasteiger partial charge >= 0.3 is 0 Å². The fourth-order valence-corrected chi connectivity index (χ4v) is 2.69. The van der Waals surface area contributed by atoms with E-state index in [9.17, 15) is 0 Å². The van der Waals surface area contributed by atoms with E-state index in [2.05, 4.69) is 40.2 Å². The van der Waals surface area contributed by atoms with Crippen molar-refractivity contribution in [2.75, 3.05) is 18.0 Å². The van der Waals surface area contributed by atoms with Gasteiger partial charge < -0.3 is 4.90 Å². The SMILES string of the molecule is c1ccc(Cc2ccc(N3CCCCC3)cc2)nc1. The van der Waals surface area contributed by atoms with Gasteiger partial charge in [0.1, 0.15) is 0 Å². The van der Waals surface area contributed by atoms with Crippen molar-refractivity contribution in [3.63, 3.8) is 0 Å². The van der Waals surface area contributed by atoms with Gasteiger partial charge in [0.15, 0.2) is 0 Å². The Bertz CT molecular complexity index is 499. The zero-order valence-electron chi connectivity index (χ0n) is 11.3. The van der Waals surface area contributed by atoms with E-state index in [-0.39, 0.29) is 0 Å². The molecule has 2 heteroatoms. The normalized spacial score (nSPS) is 15.5. The maximum Gasteiger partial charge on any atom is 0.0447 e. The molecule has 1 aromatic carbocycles. The van der Waals surface area contributed by atoms with E-state index >= 15 is 0 Å². The average Bonchev–Trinajstić information content (AvgIpc) is 2.50. The molecule has 0 bridgehead atoms. The minimum Gasteiger partial charge on any atom is -0.372 e. The van der Waals surface area contributed by atoms with Crippen molar-refractivity contribution in [1.82, 2.24) is 4.98 Å². The smallest absolute Gasteiger partial charge is 0.0447 e. The number of nitrogens with zero attached hydrogens (tertiary/aromatic N) is 2. The second-order valence-corrected chi connectivity index (χ2v) is 5.21. The molecule has 2 nitrogen and oxygen atoms in total. The van der Waals surface area contributed by atoms with Gasteiger partial charge in [0, 0.05) is 37.1 Å². The highest BCUT2D eigenvalue weighted by Gasteiger charge is 2.10. The first-order chi connectivity index (χ1) is 9.42. The highest BCUT2D eigenvalue weighted by molar-refractivity contribution is 5.48. The summed E-state index contributed by atoms with van der Waals surface area (Å²) in [4.78, 5) is 6.87. The third-order valence-electron chi connectivity index (χ3n) is 3.77. The summed E-state index contributed by atoms with van der Waals surface area (Å²) in [5.74, 6) is 0. The molecule has 1 aliphatic heterocycles. The van der Waals surface area contributed by atoms with Crippen LogP contribution in [-0.2, 0) is 6.42 Å². The predicted octanol–water partition coefficient (Wildman–Crippen LogP) is 3.66. The highest BCUT2D eigenvalue weighted by atomic mass is 15.1. The van der Waals surface area contributed by atoms with Crippen LogP contribution in [0, 0.1) is 0 Å². The standard InChI is InChI=1S/C17H20N2/c1-4-12-19(13-5-1)17-9-7-15(8-10-17)14-16-6-2-3-11-18-16/h2-3,6-11H,1,4-5,12-14H2. The van der Waals surface area contributed by atoms with Crippen LogP contribution in [-0.4, -0.2) is 18.1 Å². The minimum atomic E-state index is 0.918. The van der Waals surface area contributed by atoms with Crippen molar-refractivity contribution in [3.8, 4) is 0 Å². The highest BCUT2D eigenvalue weighted by Crippen LogP contribution is 2.20. The quantitative estimate of drug-likeness (QED) is 0.828. The van der Waals surface area contributed by atoms with E-state index in [1.54, 1.807) is 0 Å². The molecule has 3 rings (SSSR count). The Morgan fingerprint density at radius 1 is 0.895 bits per heavy atom. The summed E-state index contributed by atoms with van der Waals surface area (Å²) >= 11 is 0. The van der Waals surface area contributed by atoms with E-state index in [0.717, 1.165) is 12.1 Å². The van der Waals surface area contributed by atoms with Gasteiger partial charge in [-0.3, -0.25) is 4.98 Å². The molecule has 0 radical (unpaired) electrons. The van der Waals surface area contributed by atoms with E-state index in [1.165, 1.54) is 43.6 Å². The lowest BCUT2D eigenvalue weighted by atomic mass is 10.1. The average molecular weight is 252 g/mol. The molecule has 0 saturated carbocycles. The van der Waals surface area contributed by atoms with Gasteiger partial charge in [0.05, 0.1) is 0 Å². The third kappa shape index (κ3) is 3.14. The van der Waals surface area contributed by atoms with Gasteiger partial charge in [-0.15, -0.1) is 0 Å². The molecule has 19 heavy (non-hydrogen) atoms. The number of benzene rings is 1. The van der Waals surface area contributed by atoms with Gasteiger partial charge in [-0.1, -0.05) is 18.2 Å². The molecule has 0 N–H and O–H groups in total. The van der Waals surface area contributed by atoms with Crippen molar-refractivity contribution in [1.29, 1.82) is 0 Å². The van der Waals surface area contributed by atoms with Crippen molar-refractivity contribution in [3.05, 3.63) is 59.9 Å². The second-order valence-electron chi connectivity index (χ2n) is 5.21. The van der Waals surface area contributed by atoms with Gasteiger partial charge in [-0.25, -0.2) is 0 Å². The van der Waals surface area contributed by atoms with Crippen LogP contribution in [0.2, 0.25) is 0 Å². The first-order valence-corrected chi connectivity index (χ1v) is 7.16. The van der Waals surface area contributed by atoms with Crippen LogP contribution >= 0.6 is 0 Å². The molecular formula is C17H20N2. The molecule has 0 aliphatic carbocycles. The summed E-state index contributed by atoms with van der Waals surface area (Å²) < 4.78 is 0. The van der Waals surface area contributed by atoms with E-state index in [0.29, 0.717) is 0 Å². The molecule has 0 unspecified atom stereocenters. The van der Waals surface area contributed by atoms with Crippen molar-refractivity contribution < 1.29 is 0 Å². The Morgan fingerprint density at radius 3 is 2.37 bits per heavy atom. The molecule has 0 atom stereocenters. The Balaban J connectivity index is 1.68. The second kappa shape index (κ2) is 5.87. The largest absolute Gasteiger partial charge is 0.372 e. The molecule has 1 saturated heterocycles. The van der Waals surface area contributed by atoms with Crippen LogP contribution in [0.4, 0.5) is 5.69 Å². The maximum absolute atomic E-state index is 4.38. The lowest BCUT2D eigenvalue weighted by Gasteiger charge is -2.28. The van der Waals surface area contributed by atoms with Crippen LogP contribution in [0.5, 0.6) is 0 Å². The molecule has 98 valence electrons. The number of pyridine rings is 1. The number of rotatable bonds is 3. The van der Waals surface area contributed by atoms with Crippen LogP contribution in [0.1, 0.15) is 30.5 Å². The molecule has 2 aromatic rings. The van der Waals surface area contributed by atoms with E-state index < -0.39 is 0 Å². The number of aromatic nitrogens is 1. The molecular weight excluding hydrogens is 232 g/mol.